The van der Waals surface area contributed by atoms with Gasteiger partial charge in [-0.05, 0) is 23.6 Å². The van der Waals surface area contributed by atoms with Crippen LogP contribution in [0, 0.1) is 0 Å². The molecule has 6 heteroatoms. The van der Waals surface area contributed by atoms with E-state index in [1.165, 1.54) is 7.11 Å². The number of piperazine rings is 1. The van der Waals surface area contributed by atoms with Gasteiger partial charge in [-0.2, -0.15) is 0 Å². The van der Waals surface area contributed by atoms with Gasteiger partial charge in [0.2, 0.25) is 11.8 Å². The molecule has 1 atom stereocenters. The molecule has 2 amide bonds. The molecule has 0 unspecified atom stereocenters. The van der Waals surface area contributed by atoms with E-state index in [0.29, 0.717) is 26.1 Å². The molecule has 0 radical (unpaired) electrons. The Hall–Kier alpha value is -2.86. The van der Waals surface area contributed by atoms with Gasteiger partial charge in [0.25, 0.3) is 0 Å². The number of para-hydroxylation sites is 1. The highest BCUT2D eigenvalue weighted by molar-refractivity contribution is 5.90. The second-order valence-electron chi connectivity index (χ2n) is 7.42. The van der Waals surface area contributed by atoms with Crippen molar-refractivity contribution in [3.8, 4) is 16.9 Å². The van der Waals surface area contributed by atoms with Crippen LogP contribution in [-0.2, 0) is 20.7 Å². The maximum absolute atomic E-state index is 13.3. The first kappa shape index (κ1) is 21.8. The third-order valence-electron chi connectivity index (χ3n) is 5.49. The summed E-state index contributed by atoms with van der Waals surface area (Å²) in [6.07, 6.45) is 1.34. The largest absolute Gasteiger partial charge is 0.496 e. The number of nitrogens with zero attached hydrogens (tertiary/aromatic N) is 2. The maximum atomic E-state index is 13.3. The fraction of sp³-hybridized carbons (Fsp3) is 0.417. The molecule has 2 aromatic rings. The quantitative estimate of drug-likeness (QED) is 0.671. The number of carbonyl (C=O) groups excluding carboxylic acids is 2. The Kier molecular flexibility index (Phi) is 7.46. The van der Waals surface area contributed by atoms with Gasteiger partial charge in [0, 0.05) is 38.7 Å². The minimum atomic E-state index is -0.538. The lowest BCUT2D eigenvalue weighted by molar-refractivity contribution is -0.153. The van der Waals surface area contributed by atoms with Crippen LogP contribution in [0.5, 0.6) is 5.75 Å². The van der Waals surface area contributed by atoms with E-state index < -0.39 is 6.04 Å². The summed E-state index contributed by atoms with van der Waals surface area (Å²) in [5, 5.41) is 0. The maximum Gasteiger partial charge on any atom is 0.249 e. The molecular weight excluding hydrogens is 380 g/mol. The first-order valence-corrected chi connectivity index (χ1v) is 10.4. The lowest BCUT2D eigenvalue weighted by atomic mass is 9.92. The minimum Gasteiger partial charge on any atom is -0.496 e. The van der Waals surface area contributed by atoms with Gasteiger partial charge in [0.1, 0.15) is 18.4 Å². The van der Waals surface area contributed by atoms with Gasteiger partial charge in [-0.25, -0.2) is 0 Å². The molecule has 0 saturated carbocycles. The van der Waals surface area contributed by atoms with E-state index in [9.17, 15) is 9.59 Å². The highest BCUT2D eigenvalue weighted by Crippen LogP contribution is 2.33. The van der Waals surface area contributed by atoms with Crippen LogP contribution >= 0.6 is 0 Å². The molecular formula is C24H30N2O4. The van der Waals surface area contributed by atoms with Crippen LogP contribution in [0.4, 0.5) is 0 Å². The predicted molar refractivity (Wildman–Crippen MR) is 116 cm³/mol. The number of ether oxygens (including phenoxy) is 2. The van der Waals surface area contributed by atoms with E-state index >= 15 is 0 Å². The third kappa shape index (κ3) is 4.65. The molecule has 0 spiro atoms. The lowest BCUT2D eigenvalue weighted by Crippen LogP contribution is -2.60. The zero-order chi connectivity index (χ0) is 21.5. The summed E-state index contributed by atoms with van der Waals surface area (Å²) in [6.45, 7) is 3.82. The Balaban J connectivity index is 1.97. The van der Waals surface area contributed by atoms with Gasteiger partial charge in [0.05, 0.1) is 7.11 Å². The van der Waals surface area contributed by atoms with E-state index in [-0.39, 0.29) is 18.4 Å². The summed E-state index contributed by atoms with van der Waals surface area (Å²) >= 11 is 0. The number of benzene rings is 2. The molecule has 2 aromatic carbocycles. The second-order valence-corrected chi connectivity index (χ2v) is 7.42. The Bertz CT molecular complexity index is 883. The molecule has 3 rings (SSSR count). The standard InChI is InChI=1S/C24H30N2O4/c1-4-13-25-14-15-26(23(27)17-29-2)21(24(25)28)16-18-9-5-6-10-19(18)20-11-7-8-12-22(20)30-3/h5-12,21H,4,13-17H2,1-3H3/t21-/m0/s1. The number of carbonyl (C=O) groups is 2. The number of methoxy groups -OCH3 is 2. The summed E-state index contributed by atoms with van der Waals surface area (Å²) < 4.78 is 10.6. The number of hydrogen-bond acceptors (Lipinski definition) is 4. The molecule has 6 nitrogen and oxygen atoms in total. The van der Waals surface area contributed by atoms with Crippen LogP contribution in [0.1, 0.15) is 18.9 Å². The third-order valence-corrected chi connectivity index (χ3v) is 5.49. The Morgan fingerprint density at radius 3 is 2.43 bits per heavy atom. The molecule has 1 fully saturated rings. The smallest absolute Gasteiger partial charge is 0.249 e. The first-order chi connectivity index (χ1) is 14.6. The van der Waals surface area contributed by atoms with E-state index in [0.717, 1.165) is 28.9 Å². The average Bonchev–Trinajstić information content (AvgIpc) is 2.77. The number of amides is 2. The van der Waals surface area contributed by atoms with Crippen molar-refractivity contribution in [1.29, 1.82) is 0 Å². The van der Waals surface area contributed by atoms with E-state index in [2.05, 4.69) is 6.92 Å². The topological polar surface area (TPSA) is 59.1 Å². The summed E-state index contributed by atoms with van der Waals surface area (Å²) in [5.74, 6) is 0.629. The van der Waals surface area contributed by atoms with Gasteiger partial charge >= 0.3 is 0 Å². The van der Waals surface area contributed by atoms with Crippen LogP contribution in [0.3, 0.4) is 0 Å². The Morgan fingerprint density at radius 1 is 1.03 bits per heavy atom. The molecule has 1 aliphatic heterocycles. The highest BCUT2D eigenvalue weighted by atomic mass is 16.5. The van der Waals surface area contributed by atoms with Crippen LogP contribution in [0.25, 0.3) is 11.1 Å². The fourth-order valence-corrected chi connectivity index (χ4v) is 4.07. The fourth-order valence-electron chi connectivity index (χ4n) is 4.07. The van der Waals surface area contributed by atoms with Crippen molar-refractivity contribution in [2.24, 2.45) is 0 Å². The summed E-state index contributed by atoms with van der Waals surface area (Å²) in [6, 6.07) is 15.3. The second kappa shape index (κ2) is 10.3. The Morgan fingerprint density at radius 2 is 1.73 bits per heavy atom. The molecule has 160 valence electrons. The highest BCUT2D eigenvalue weighted by Gasteiger charge is 2.37. The van der Waals surface area contributed by atoms with Crippen molar-refractivity contribution in [2.45, 2.75) is 25.8 Å². The van der Waals surface area contributed by atoms with Crippen molar-refractivity contribution < 1.29 is 19.1 Å². The summed E-state index contributed by atoms with van der Waals surface area (Å²) in [5.41, 5.74) is 2.99. The van der Waals surface area contributed by atoms with Crippen molar-refractivity contribution in [2.75, 3.05) is 40.5 Å². The van der Waals surface area contributed by atoms with Gasteiger partial charge in [-0.3, -0.25) is 9.59 Å². The Labute approximate surface area is 178 Å². The van der Waals surface area contributed by atoms with Gasteiger partial charge in [-0.1, -0.05) is 49.4 Å². The monoisotopic (exact) mass is 410 g/mol. The predicted octanol–water partition coefficient (Wildman–Crippen LogP) is 3.00. The van der Waals surface area contributed by atoms with E-state index in [1.807, 2.05) is 53.4 Å². The van der Waals surface area contributed by atoms with E-state index in [4.69, 9.17) is 9.47 Å². The van der Waals surface area contributed by atoms with Crippen molar-refractivity contribution in [3.05, 3.63) is 54.1 Å². The first-order valence-electron chi connectivity index (χ1n) is 10.4. The molecule has 0 bridgehead atoms. The molecule has 1 heterocycles. The SMILES string of the molecule is CCCN1CCN(C(=O)COC)[C@@H](Cc2ccccc2-c2ccccc2OC)C1=O. The van der Waals surface area contributed by atoms with Crippen LogP contribution in [0.15, 0.2) is 48.5 Å². The number of hydrogen-bond donors (Lipinski definition) is 0. The van der Waals surface area contributed by atoms with E-state index in [1.54, 1.807) is 12.0 Å². The van der Waals surface area contributed by atoms with Crippen molar-refractivity contribution in [3.63, 3.8) is 0 Å². The van der Waals surface area contributed by atoms with Gasteiger partial charge < -0.3 is 19.3 Å². The van der Waals surface area contributed by atoms with Crippen LogP contribution < -0.4 is 4.74 Å². The number of rotatable bonds is 8. The van der Waals surface area contributed by atoms with Crippen molar-refractivity contribution >= 4 is 11.8 Å². The molecule has 1 saturated heterocycles. The average molecular weight is 411 g/mol. The summed E-state index contributed by atoms with van der Waals surface area (Å²) in [7, 11) is 3.15. The minimum absolute atomic E-state index is 0.00221. The van der Waals surface area contributed by atoms with Gasteiger partial charge in [0.15, 0.2) is 0 Å². The molecule has 0 aromatic heterocycles. The summed E-state index contributed by atoms with van der Waals surface area (Å²) in [4.78, 5) is 29.5. The molecule has 30 heavy (non-hydrogen) atoms. The van der Waals surface area contributed by atoms with Crippen LogP contribution in [-0.4, -0.2) is 68.1 Å². The molecule has 0 aliphatic carbocycles. The zero-order valence-corrected chi connectivity index (χ0v) is 18.0. The van der Waals surface area contributed by atoms with Crippen LogP contribution in [0.2, 0.25) is 0 Å². The zero-order valence-electron chi connectivity index (χ0n) is 18.0. The normalized spacial score (nSPS) is 16.6. The van der Waals surface area contributed by atoms with Gasteiger partial charge in [-0.15, -0.1) is 0 Å². The molecule has 0 N–H and O–H groups in total. The lowest BCUT2D eigenvalue weighted by Gasteiger charge is -2.41. The van der Waals surface area contributed by atoms with Crippen molar-refractivity contribution in [1.82, 2.24) is 9.80 Å². The molecule has 1 aliphatic rings.